The van der Waals surface area contributed by atoms with Gasteiger partial charge in [0.25, 0.3) is 11.5 Å². The van der Waals surface area contributed by atoms with Gasteiger partial charge in [-0.1, -0.05) is 13.0 Å². The molecule has 23 heavy (non-hydrogen) atoms. The number of aromatic amines is 1. The van der Waals surface area contributed by atoms with Crippen LogP contribution in [0, 0.1) is 0 Å². The van der Waals surface area contributed by atoms with Crippen molar-refractivity contribution in [1.29, 1.82) is 0 Å². The molecule has 1 aliphatic heterocycles. The maximum Gasteiger partial charge on any atom is 0.278 e. The molecule has 0 bridgehead atoms. The molecule has 7 heteroatoms. The van der Waals surface area contributed by atoms with Gasteiger partial charge >= 0.3 is 0 Å². The van der Waals surface area contributed by atoms with Gasteiger partial charge in [0.05, 0.1) is 12.1 Å². The summed E-state index contributed by atoms with van der Waals surface area (Å²) in [7, 11) is 0. The Kier molecular flexibility index (Phi) is 3.00. The summed E-state index contributed by atoms with van der Waals surface area (Å²) in [5.41, 5.74) is 2.83. The van der Waals surface area contributed by atoms with Crippen molar-refractivity contribution in [1.82, 2.24) is 24.5 Å². The maximum atomic E-state index is 12.6. The highest BCUT2D eigenvalue weighted by Gasteiger charge is 2.32. The lowest BCUT2D eigenvalue weighted by Crippen LogP contribution is -2.23. The van der Waals surface area contributed by atoms with Gasteiger partial charge in [0.2, 0.25) is 0 Å². The predicted molar refractivity (Wildman–Crippen MR) is 83.0 cm³/mol. The summed E-state index contributed by atoms with van der Waals surface area (Å²) in [6.07, 6.45) is 4.18. The highest BCUT2D eigenvalue weighted by atomic mass is 16.2. The van der Waals surface area contributed by atoms with Crippen LogP contribution in [0.3, 0.4) is 0 Å². The molecule has 0 radical (unpaired) electrons. The van der Waals surface area contributed by atoms with Crippen molar-refractivity contribution in [3.63, 3.8) is 0 Å². The van der Waals surface area contributed by atoms with Gasteiger partial charge in [-0.15, -0.1) is 0 Å². The van der Waals surface area contributed by atoms with E-state index in [-0.39, 0.29) is 23.7 Å². The number of carbonyl (C=O) groups excluding carboxylic acids is 1. The van der Waals surface area contributed by atoms with Crippen LogP contribution in [0.25, 0.3) is 5.65 Å². The van der Waals surface area contributed by atoms with Gasteiger partial charge in [-0.25, -0.2) is 9.50 Å². The monoisotopic (exact) mass is 309 g/mol. The van der Waals surface area contributed by atoms with Crippen LogP contribution < -0.4 is 5.56 Å². The second kappa shape index (κ2) is 5.05. The summed E-state index contributed by atoms with van der Waals surface area (Å²) in [4.78, 5) is 35.2. The molecule has 0 saturated carbocycles. The second-order valence-electron chi connectivity index (χ2n) is 5.60. The Balaban J connectivity index is 1.74. The van der Waals surface area contributed by atoms with Gasteiger partial charge in [-0.3, -0.25) is 19.7 Å². The molecule has 0 atom stereocenters. The van der Waals surface area contributed by atoms with E-state index in [4.69, 9.17) is 0 Å². The fourth-order valence-corrected chi connectivity index (χ4v) is 2.86. The van der Waals surface area contributed by atoms with E-state index in [0.29, 0.717) is 17.8 Å². The zero-order valence-corrected chi connectivity index (χ0v) is 12.6. The molecule has 1 amide bonds. The molecule has 4 rings (SSSR count). The van der Waals surface area contributed by atoms with E-state index in [2.05, 4.69) is 15.1 Å². The van der Waals surface area contributed by atoms with Crippen LogP contribution in [-0.4, -0.2) is 30.4 Å². The third-order valence-corrected chi connectivity index (χ3v) is 4.08. The van der Waals surface area contributed by atoms with Crippen molar-refractivity contribution in [3.8, 4) is 0 Å². The fourth-order valence-electron chi connectivity index (χ4n) is 2.86. The van der Waals surface area contributed by atoms with E-state index in [0.717, 1.165) is 17.7 Å². The van der Waals surface area contributed by atoms with E-state index in [1.165, 1.54) is 4.52 Å². The van der Waals surface area contributed by atoms with E-state index in [1.807, 2.05) is 19.1 Å². The number of amides is 1. The quantitative estimate of drug-likeness (QED) is 0.786. The molecular formula is C16H15N5O2. The SMILES string of the molecule is CCc1cc2nc3c(c(=O)n2[nH]1)CN(Cc1cccnc1)C3=O. The first-order valence-electron chi connectivity index (χ1n) is 7.49. The molecule has 0 unspecified atom stereocenters. The summed E-state index contributed by atoms with van der Waals surface area (Å²) in [5, 5.41) is 3.02. The van der Waals surface area contributed by atoms with E-state index >= 15 is 0 Å². The number of rotatable bonds is 3. The molecule has 0 aromatic carbocycles. The Bertz CT molecular complexity index is 958. The molecule has 4 heterocycles. The number of H-pyrrole nitrogens is 1. The summed E-state index contributed by atoms with van der Waals surface area (Å²) in [6.45, 7) is 2.68. The van der Waals surface area contributed by atoms with Crippen molar-refractivity contribution < 1.29 is 4.79 Å². The fraction of sp³-hybridized carbons (Fsp3) is 0.250. The van der Waals surface area contributed by atoms with Gasteiger partial charge in [-0.05, 0) is 18.1 Å². The largest absolute Gasteiger partial charge is 0.328 e. The second-order valence-corrected chi connectivity index (χ2v) is 5.60. The van der Waals surface area contributed by atoms with Crippen molar-refractivity contribution in [2.75, 3.05) is 0 Å². The zero-order valence-electron chi connectivity index (χ0n) is 12.6. The number of hydrogen-bond donors (Lipinski definition) is 1. The molecule has 3 aromatic rings. The number of nitrogens with zero attached hydrogens (tertiary/aromatic N) is 4. The highest BCUT2D eigenvalue weighted by Crippen LogP contribution is 2.21. The highest BCUT2D eigenvalue weighted by molar-refractivity contribution is 5.96. The van der Waals surface area contributed by atoms with Crippen LogP contribution >= 0.6 is 0 Å². The molecule has 1 aliphatic rings. The predicted octanol–water partition coefficient (Wildman–Crippen LogP) is 1.14. The van der Waals surface area contributed by atoms with Gasteiger partial charge < -0.3 is 4.90 Å². The Morgan fingerprint density at radius 3 is 2.96 bits per heavy atom. The summed E-state index contributed by atoms with van der Waals surface area (Å²) in [5.74, 6) is -0.206. The molecule has 0 aliphatic carbocycles. The maximum absolute atomic E-state index is 12.6. The number of pyridine rings is 1. The average molecular weight is 309 g/mol. The number of carbonyl (C=O) groups is 1. The third kappa shape index (κ3) is 2.12. The van der Waals surface area contributed by atoms with Crippen LogP contribution in [0.5, 0.6) is 0 Å². The van der Waals surface area contributed by atoms with E-state index < -0.39 is 0 Å². The topological polar surface area (TPSA) is 83.4 Å². The first-order valence-corrected chi connectivity index (χ1v) is 7.49. The molecule has 0 spiro atoms. The first kappa shape index (κ1) is 13.7. The first-order chi connectivity index (χ1) is 11.2. The Labute approximate surface area is 131 Å². The van der Waals surface area contributed by atoms with Crippen molar-refractivity contribution in [3.05, 3.63) is 63.5 Å². The molecule has 1 N–H and O–H groups in total. The van der Waals surface area contributed by atoms with Gasteiger partial charge in [0, 0.05) is 30.7 Å². The zero-order chi connectivity index (χ0) is 16.0. The average Bonchev–Trinajstić information content (AvgIpc) is 3.12. The van der Waals surface area contributed by atoms with Gasteiger partial charge in [0.15, 0.2) is 5.65 Å². The molecule has 116 valence electrons. The number of fused-ring (bicyclic) bond motifs is 2. The summed E-state index contributed by atoms with van der Waals surface area (Å²) in [6, 6.07) is 5.53. The Hall–Kier alpha value is -2.96. The van der Waals surface area contributed by atoms with Crippen molar-refractivity contribution in [2.24, 2.45) is 0 Å². The van der Waals surface area contributed by atoms with Crippen LogP contribution in [0.15, 0.2) is 35.4 Å². The van der Waals surface area contributed by atoms with E-state index in [1.54, 1.807) is 23.4 Å². The van der Waals surface area contributed by atoms with Crippen LogP contribution in [0.2, 0.25) is 0 Å². The Morgan fingerprint density at radius 2 is 2.22 bits per heavy atom. The molecular weight excluding hydrogens is 294 g/mol. The minimum atomic E-state index is -0.206. The van der Waals surface area contributed by atoms with Crippen molar-refractivity contribution >= 4 is 11.6 Å². The number of nitrogens with one attached hydrogen (secondary N) is 1. The lowest BCUT2D eigenvalue weighted by atomic mass is 10.2. The van der Waals surface area contributed by atoms with Crippen LogP contribution in [0.1, 0.15) is 34.2 Å². The molecule has 7 nitrogen and oxygen atoms in total. The standard InChI is InChI=1S/C16H15N5O2/c1-2-11-6-13-18-14-12(15(22)21(13)19-11)9-20(16(14)23)8-10-4-3-5-17-7-10/h3-7,19H,2,8-9H2,1H3. The summed E-state index contributed by atoms with van der Waals surface area (Å²) < 4.78 is 1.42. The lowest BCUT2D eigenvalue weighted by molar-refractivity contribution is 0.0762. The minimum absolute atomic E-state index is 0.202. The molecule has 0 fully saturated rings. The van der Waals surface area contributed by atoms with Gasteiger partial charge in [0.1, 0.15) is 5.69 Å². The Morgan fingerprint density at radius 1 is 1.35 bits per heavy atom. The van der Waals surface area contributed by atoms with Crippen LogP contribution in [-0.2, 0) is 19.5 Å². The minimum Gasteiger partial charge on any atom is -0.328 e. The normalized spacial score (nSPS) is 13.8. The lowest BCUT2D eigenvalue weighted by Gasteiger charge is -2.14. The van der Waals surface area contributed by atoms with Crippen LogP contribution in [0.4, 0.5) is 0 Å². The van der Waals surface area contributed by atoms with E-state index in [9.17, 15) is 9.59 Å². The molecule has 0 saturated heterocycles. The number of hydrogen-bond acceptors (Lipinski definition) is 4. The summed E-state index contributed by atoms with van der Waals surface area (Å²) >= 11 is 0. The number of aromatic nitrogens is 4. The molecule has 3 aromatic heterocycles. The smallest absolute Gasteiger partial charge is 0.278 e. The van der Waals surface area contributed by atoms with Gasteiger partial charge in [-0.2, -0.15) is 0 Å². The number of aryl methyl sites for hydroxylation is 1. The third-order valence-electron chi connectivity index (χ3n) is 4.08. The van der Waals surface area contributed by atoms with Crippen molar-refractivity contribution in [2.45, 2.75) is 26.4 Å².